The highest BCUT2D eigenvalue weighted by Crippen LogP contribution is 2.36. The first-order valence-electron chi connectivity index (χ1n) is 7.82. The van der Waals surface area contributed by atoms with Crippen molar-refractivity contribution in [1.29, 1.82) is 0 Å². The van der Waals surface area contributed by atoms with Crippen LogP contribution < -0.4 is 15.9 Å². The Morgan fingerprint density at radius 2 is 1.62 bits per heavy atom. The summed E-state index contributed by atoms with van der Waals surface area (Å²) in [6, 6.07) is 7.66. The Hall–Kier alpha value is -2.06. The van der Waals surface area contributed by atoms with Crippen molar-refractivity contribution >= 4 is 12.6 Å². The summed E-state index contributed by atoms with van der Waals surface area (Å²) in [4.78, 5) is 12.2. The smallest absolute Gasteiger partial charge is 0.467 e. The number of nitrogens with zero attached hydrogens (tertiary/aromatic N) is 3. The molecule has 128 valence electrons. The number of hydrogen-bond acceptors (Lipinski definition) is 5. The summed E-state index contributed by atoms with van der Waals surface area (Å²) in [6.45, 7) is 8.06. The second-order valence-corrected chi connectivity index (χ2v) is 6.91. The van der Waals surface area contributed by atoms with Gasteiger partial charge in [0.1, 0.15) is 0 Å². The maximum atomic E-state index is 12.2. The van der Waals surface area contributed by atoms with Crippen molar-refractivity contribution in [1.82, 2.24) is 14.3 Å². The van der Waals surface area contributed by atoms with Crippen molar-refractivity contribution in [2.75, 3.05) is 7.11 Å². The van der Waals surface area contributed by atoms with E-state index >= 15 is 0 Å². The molecule has 3 rings (SSSR count). The molecule has 0 amide bonds. The first-order chi connectivity index (χ1) is 11.2. The summed E-state index contributed by atoms with van der Waals surface area (Å²) >= 11 is 0. The van der Waals surface area contributed by atoms with Crippen LogP contribution in [0.3, 0.4) is 0 Å². The van der Waals surface area contributed by atoms with Crippen LogP contribution in [0.5, 0.6) is 6.01 Å². The van der Waals surface area contributed by atoms with Crippen LogP contribution in [-0.4, -0.2) is 39.8 Å². The Kier molecular flexibility index (Phi) is 3.84. The van der Waals surface area contributed by atoms with Gasteiger partial charge in [0.15, 0.2) is 0 Å². The SMILES string of the molecule is COc1nn(C)c(=O)n1-c1ccc(B2OC(C)(C)C(C)(C)O2)cc1. The van der Waals surface area contributed by atoms with E-state index in [2.05, 4.69) is 5.10 Å². The molecule has 8 heteroatoms. The van der Waals surface area contributed by atoms with E-state index < -0.39 is 7.12 Å². The average molecular weight is 331 g/mol. The molecule has 0 atom stereocenters. The molecule has 7 nitrogen and oxygen atoms in total. The minimum absolute atomic E-state index is 0.242. The molecule has 1 aromatic carbocycles. The third-order valence-electron chi connectivity index (χ3n) is 4.75. The van der Waals surface area contributed by atoms with Gasteiger partial charge in [0.05, 0.1) is 24.0 Å². The van der Waals surface area contributed by atoms with Crippen molar-refractivity contribution in [3.63, 3.8) is 0 Å². The van der Waals surface area contributed by atoms with Crippen LogP contribution in [0.1, 0.15) is 27.7 Å². The van der Waals surface area contributed by atoms with Gasteiger partial charge in [-0.2, -0.15) is 0 Å². The van der Waals surface area contributed by atoms with Gasteiger partial charge in [0, 0.05) is 7.05 Å². The Morgan fingerprint density at radius 1 is 1.08 bits per heavy atom. The number of ether oxygens (including phenoxy) is 1. The summed E-state index contributed by atoms with van der Waals surface area (Å²) in [6.07, 6.45) is 0. The lowest BCUT2D eigenvalue weighted by molar-refractivity contribution is 0.00578. The summed E-state index contributed by atoms with van der Waals surface area (Å²) < 4.78 is 19.9. The van der Waals surface area contributed by atoms with Crippen LogP contribution in [0.2, 0.25) is 0 Å². The highest BCUT2D eigenvalue weighted by atomic mass is 16.7. The topological polar surface area (TPSA) is 67.5 Å². The normalized spacial score (nSPS) is 18.8. The van der Waals surface area contributed by atoms with E-state index in [4.69, 9.17) is 14.0 Å². The molecule has 1 aliphatic heterocycles. The quantitative estimate of drug-likeness (QED) is 0.781. The van der Waals surface area contributed by atoms with Gasteiger partial charge >= 0.3 is 18.8 Å². The van der Waals surface area contributed by atoms with Crippen molar-refractivity contribution in [2.24, 2.45) is 7.05 Å². The lowest BCUT2D eigenvalue weighted by Gasteiger charge is -2.32. The second-order valence-electron chi connectivity index (χ2n) is 6.91. The molecule has 0 aliphatic carbocycles. The molecule has 1 saturated heterocycles. The number of hydrogen-bond donors (Lipinski definition) is 0. The molecule has 1 aliphatic rings. The van der Waals surface area contributed by atoms with Gasteiger partial charge in [-0.25, -0.2) is 14.0 Å². The predicted molar refractivity (Wildman–Crippen MR) is 91.1 cm³/mol. The van der Waals surface area contributed by atoms with Crippen LogP contribution in [0.15, 0.2) is 29.1 Å². The van der Waals surface area contributed by atoms with E-state index in [1.165, 1.54) is 16.4 Å². The molecule has 0 spiro atoms. The molecule has 0 bridgehead atoms. The zero-order chi connectivity index (χ0) is 17.7. The molecule has 0 radical (unpaired) electrons. The predicted octanol–water partition coefficient (Wildman–Crippen LogP) is 0.879. The fourth-order valence-electron chi connectivity index (χ4n) is 2.56. The minimum Gasteiger partial charge on any atom is -0.467 e. The lowest BCUT2D eigenvalue weighted by atomic mass is 9.79. The fourth-order valence-corrected chi connectivity index (χ4v) is 2.56. The monoisotopic (exact) mass is 331 g/mol. The largest absolute Gasteiger partial charge is 0.494 e. The molecule has 0 N–H and O–H groups in total. The Balaban J connectivity index is 1.92. The zero-order valence-corrected chi connectivity index (χ0v) is 14.9. The molecule has 0 unspecified atom stereocenters. The summed E-state index contributed by atoms with van der Waals surface area (Å²) in [5.74, 6) is 0. The van der Waals surface area contributed by atoms with Crippen molar-refractivity contribution in [2.45, 2.75) is 38.9 Å². The van der Waals surface area contributed by atoms with Crippen LogP contribution in [0.25, 0.3) is 5.69 Å². The molecule has 24 heavy (non-hydrogen) atoms. The number of benzene rings is 1. The van der Waals surface area contributed by atoms with E-state index in [9.17, 15) is 4.79 Å². The van der Waals surface area contributed by atoms with Crippen LogP contribution in [0.4, 0.5) is 0 Å². The lowest BCUT2D eigenvalue weighted by Crippen LogP contribution is -2.41. The van der Waals surface area contributed by atoms with E-state index in [0.29, 0.717) is 5.69 Å². The van der Waals surface area contributed by atoms with E-state index in [-0.39, 0.29) is 22.9 Å². The molecular formula is C16H22BN3O4. The fraction of sp³-hybridized carbons (Fsp3) is 0.500. The number of aryl methyl sites for hydroxylation is 1. The van der Waals surface area contributed by atoms with Gasteiger partial charge in [0.25, 0.3) is 0 Å². The summed E-state index contributed by atoms with van der Waals surface area (Å²) in [5.41, 5.74) is 0.522. The van der Waals surface area contributed by atoms with Crippen LogP contribution in [-0.2, 0) is 16.4 Å². The first-order valence-corrected chi connectivity index (χ1v) is 7.82. The highest BCUT2D eigenvalue weighted by molar-refractivity contribution is 6.62. The Morgan fingerprint density at radius 3 is 2.12 bits per heavy atom. The van der Waals surface area contributed by atoms with E-state index in [1.54, 1.807) is 7.05 Å². The van der Waals surface area contributed by atoms with Crippen LogP contribution in [0, 0.1) is 0 Å². The van der Waals surface area contributed by atoms with Gasteiger partial charge in [0.2, 0.25) is 0 Å². The van der Waals surface area contributed by atoms with E-state index in [1.807, 2.05) is 52.0 Å². The van der Waals surface area contributed by atoms with Crippen molar-refractivity contribution < 1.29 is 14.0 Å². The highest BCUT2D eigenvalue weighted by Gasteiger charge is 2.51. The number of aromatic nitrogens is 3. The molecule has 2 heterocycles. The molecule has 0 saturated carbocycles. The molecule has 1 fully saturated rings. The van der Waals surface area contributed by atoms with Gasteiger partial charge in [-0.15, -0.1) is 5.10 Å². The standard InChI is InChI=1S/C16H22BN3O4/c1-15(2)16(3,4)24-17(23-15)11-7-9-12(10-8-11)20-13(22-6)18-19(5)14(20)21/h7-10H,1-6H3. The molecular weight excluding hydrogens is 309 g/mol. The maximum Gasteiger partial charge on any atom is 0.494 e. The van der Waals surface area contributed by atoms with Crippen LogP contribution >= 0.6 is 0 Å². The maximum absolute atomic E-state index is 12.2. The molecule has 2 aromatic rings. The first kappa shape index (κ1) is 16.8. The second kappa shape index (κ2) is 5.49. The minimum atomic E-state index is -0.434. The van der Waals surface area contributed by atoms with Gasteiger partial charge < -0.3 is 14.0 Å². The Bertz CT molecular complexity index is 792. The third-order valence-corrected chi connectivity index (χ3v) is 4.75. The summed E-state index contributed by atoms with van der Waals surface area (Å²) in [7, 11) is 2.63. The molecule has 1 aromatic heterocycles. The Labute approximate surface area is 141 Å². The van der Waals surface area contributed by atoms with Crippen molar-refractivity contribution in [3.05, 3.63) is 34.7 Å². The zero-order valence-electron chi connectivity index (χ0n) is 14.9. The third kappa shape index (κ3) is 2.55. The van der Waals surface area contributed by atoms with Gasteiger partial charge in [-0.3, -0.25) is 0 Å². The van der Waals surface area contributed by atoms with E-state index in [0.717, 1.165) is 5.46 Å². The average Bonchev–Trinajstić information content (AvgIpc) is 2.92. The van der Waals surface area contributed by atoms with Gasteiger partial charge in [-0.05, 0) is 45.3 Å². The number of methoxy groups -OCH3 is 1. The summed E-state index contributed by atoms with van der Waals surface area (Å²) in [5, 5.41) is 4.04. The van der Waals surface area contributed by atoms with Crippen molar-refractivity contribution in [3.8, 4) is 11.7 Å². The number of rotatable bonds is 3. The van der Waals surface area contributed by atoms with Gasteiger partial charge in [-0.1, -0.05) is 12.1 Å².